The molecule has 0 saturated heterocycles. The van der Waals surface area contributed by atoms with Crippen LogP contribution in [0.25, 0.3) is 0 Å². The molecule has 0 aliphatic heterocycles. The fourth-order valence-corrected chi connectivity index (χ4v) is 4.05. The van der Waals surface area contributed by atoms with E-state index >= 15 is 0 Å². The molecule has 0 N–H and O–H groups in total. The zero-order valence-corrected chi connectivity index (χ0v) is 22.5. The molecule has 0 aliphatic carbocycles. The molecule has 0 atom stereocenters. The van der Waals surface area contributed by atoms with Crippen LogP contribution in [0.3, 0.4) is 0 Å². The number of hydrogen-bond donors (Lipinski definition) is 0. The molecule has 0 unspecified atom stereocenters. The molecular formula is C31H44O5. The van der Waals surface area contributed by atoms with Gasteiger partial charge < -0.3 is 14.2 Å². The molecule has 0 spiro atoms. The molecule has 0 heterocycles. The first-order chi connectivity index (χ1) is 17.6. The van der Waals surface area contributed by atoms with Crippen molar-refractivity contribution in [2.45, 2.75) is 90.9 Å². The first kappa shape index (κ1) is 29.4. The minimum Gasteiger partial charge on any atom is -0.490 e. The van der Waals surface area contributed by atoms with Gasteiger partial charge in [-0.2, -0.15) is 0 Å². The average molecular weight is 497 g/mol. The SMILES string of the molecule is CCCCCCCCOc1ccc(C(=O)c2ccc(C(=O)OC)cc2)cc1OCCCCCCCC. The molecule has 0 saturated carbocycles. The Morgan fingerprint density at radius 1 is 0.583 bits per heavy atom. The van der Waals surface area contributed by atoms with Crippen molar-refractivity contribution in [2.24, 2.45) is 0 Å². The van der Waals surface area contributed by atoms with Gasteiger partial charge in [0.05, 0.1) is 25.9 Å². The van der Waals surface area contributed by atoms with Gasteiger partial charge in [0.25, 0.3) is 0 Å². The van der Waals surface area contributed by atoms with E-state index in [0.717, 1.165) is 25.7 Å². The summed E-state index contributed by atoms with van der Waals surface area (Å²) in [6.45, 7) is 5.69. The van der Waals surface area contributed by atoms with Crippen molar-refractivity contribution in [2.75, 3.05) is 20.3 Å². The summed E-state index contributed by atoms with van der Waals surface area (Å²) in [4.78, 5) is 24.8. The van der Waals surface area contributed by atoms with Crippen LogP contribution in [0.1, 0.15) is 117 Å². The van der Waals surface area contributed by atoms with Crippen molar-refractivity contribution in [1.82, 2.24) is 0 Å². The number of hydrogen-bond acceptors (Lipinski definition) is 5. The second kappa shape index (κ2) is 17.6. The summed E-state index contributed by atoms with van der Waals surface area (Å²) in [7, 11) is 1.34. The summed E-state index contributed by atoms with van der Waals surface area (Å²) in [6, 6.07) is 11.9. The number of ether oxygens (including phenoxy) is 3. The standard InChI is InChI=1S/C31H44O5/c1-4-6-8-10-12-14-22-35-28-21-20-27(24-29(28)36-23-15-13-11-9-7-5-2)30(32)25-16-18-26(19-17-25)31(33)34-3/h16-21,24H,4-15,22-23H2,1-3H3. The second-order valence-electron chi connectivity index (χ2n) is 9.29. The van der Waals surface area contributed by atoms with E-state index in [9.17, 15) is 9.59 Å². The number of rotatable bonds is 19. The van der Waals surface area contributed by atoms with Crippen LogP contribution in [0, 0.1) is 0 Å². The normalized spacial score (nSPS) is 10.8. The highest BCUT2D eigenvalue weighted by Gasteiger charge is 2.15. The number of esters is 1. The molecule has 2 aromatic rings. The van der Waals surface area contributed by atoms with Gasteiger partial charge in [-0.05, 0) is 43.2 Å². The van der Waals surface area contributed by atoms with Gasteiger partial charge in [0.15, 0.2) is 17.3 Å². The quantitative estimate of drug-likeness (QED) is 0.111. The maximum Gasteiger partial charge on any atom is 0.337 e. The third-order valence-electron chi connectivity index (χ3n) is 6.28. The van der Waals surface area contributed by atoms with Gasteiger partial charge in [0.1, 0.15) is 0 Å². The molecule has 2 aromatic carbocycles. The van der Waals surface area contributed by atoms with Gasteiger partial charge in [-0.25, -0.2) is 4.79 Å². The fourth-order valence-electron chi connectivity index (χ4n) is 4.05. The zero-order valence-electron chi connectivity index (χ0n) is 22.5. The first-order valence-electron chi connectivity index (χ1n) is 13.7. The maximum absolute atomic E-state index is 13.1. The highest BCUT2D eigenvalue weighted by atomic mass is 16.5. The topological polar surface area (TPSA) is 61.8 Å². The molecule has 0 aromatic heterocycles. The Hall–Kier alpha value is -2.82. The van der Waals surface area contributed by atoms with Gasteiger partial charge in [-0.1, -0.05) is 90.2 Å². The Labute approximate surface area is 217 Å². The molecular weight excluding hydrogens is 452 g/mol. The largest absolute Gasteiger partial charge is 0.490 e. The lowest BCUT2D eigenvalue weighted by molar-refractivity contribution is 0.0600. The van der Waals surface area contributed by atoms with Crippen LogP contribution in [-0.4, -0.2) is 32.1 Å². The van der Waals surface area contributed by atoms with E-state index in [1.54, 1.807) is 36.4 Å². The summed E-state index contributed by atoms with van der Waals surface area (Å²) < 4.78 is 16.9. The van der Waals surface area contributed by atoms with Crippen molar-refractivity contribution in [3.63, 3.8) is 0 Å². The van der Waals surface area contributed by atoms with Crippen LogP contribution in [0.15, 0.2) is 42.5 Å². The van der Waals surface area contributed by atoms with E-state index in [4.69, 9.17) is 14.2 Å². The predicted molar refractivity (Wildman–Crippen MR) is 145 cm³/mol. The summed E-state index contributed by atoms with van der Waals surface area (Å²) in [5, 5.41) is 0. The van der Waals surface area contributed by atoms with Crippen molar-refractivity contribution < 1.29 is 23.8 Å². The van der Waals surface area contributed by atoms with E-state index in [1.807, 2.05) is 6.07 Å². The molecule has 0 fully saturated rings. The van der Waals surface area contributed by atoms with E-state index in [0.29, 0.717) is 41.4 Å². The van der Waals surface area contributed by atoms with Crippen molar-refractivity contribution in [1.29, 1.82) is 0 Å². The van der Waals surface area contributed by atoms with Crippen LogP contribution in [0.4, 0.5) is 0 Å². The highest BCUT2D eigenvalue weighted by molar-refractivity contribution is 6.09. The Bertz CT molecular complexity index is 904. The van der Waals surface area contributed by atoms with Gasteiger partial charge in [-0.15, -0.1) is 0 Å². The van der Waals surface area contributed by atoms with Gasteiger partial charge in [-0.3, -0.25) is 4.79 Å². The summed E-state index contributed by atoms with van der Waals surface area (Å²) in [5.41, 5.74) is 1.45. The smallest absolute Gasteiger partial charge is 0.337 e. The lowest BCUT2D eigenvalue weighted by Crippen LogP contribution is -2.07. The molecule has 2 rings (SSSR count). The monoisotopic (exact) mass is 496 g/mol. The van der Waals surface area contributed by atoms with Crippen LogP contribution in [0.5, 0.6) is 11.5 Å². The number of methoxy groups -OCH3 is 1. The molecule has 0 bridgehead atoms. The highest BCUT2D eigenvalue weighted by Crippen LogP contribution is 2.30. The second-order valence-corrected chi connectivity index (χ2v) is 9.29. The van der Waals surface area contributed by atoms with E-state index < -0.39 is 5.97 Å². The molecule has 36 heavy (non-hydrogen) atoms. The fraction of sp³-hybridized carbons (Fsp3) is 0.548. The Morgan fingerprint density at radius 2 is 1.06 bits per heavy atom. The van der Waals surface area contributed by atoms with Crippen molar-refractivity contribution in [3.8, 4) is 11.5 Å². The first-order valence-corrected chi connectivity index (χ1v) is 13.7. The lowest BCUT2D eigenvalue weighted by atomic mass is 10.0. The van der Waals surface area contributed by atoms with Crippen LogP contribution < -0.4 is 9.47 Å². The molecule has 0 aliphatic rings. The third kappa shape index (κ3) is 10.4. The number of ketones is 1. The molecule has 5 heteroatoms. The number of benzene rings is 2. The molecule has 0 amide bonds. The number of carbonyl (C=O) groups is 2. The molecule has 198 valence electrons. The Balaban J connectivity index is 2.03. The number of unbranched alkanes of at least 4 members (excludes halogenated alkanes) is 10. The molecule has 0 radical (unpaired) electrons. The van der Waals surface area contributed by atoms with Crippen LogP contribution in [-0.2, 0) is 4.74 Å². The average Bonchev–Trinajstić information content (AvgIpc) is 2.91. The maximum atomic E-state index is 13.1. The summed E-state index contributed by atoms with van der Waals surface area (Å²) in [6.07, 6.45) is 14.3. The number of carbonyl (C=O) groups excluding carboxylic acids is 2. The van der Waals surface area contributed by atoms with Crippen LogP contribution >= 0.6 is 0 Å². The van der Waals surface area contributed by atoms with Crippen molar-refractivity contribution >= 4 is 11.8 Å². The predicted octanol–water partition coefficient (Wildman–Crippen LogP) is 8.18. The van der Waals surface area contributed by atoms with Gasteiger partial charge in [0.2, 0.25) is 0 Å². The summed E-state index contributed by atoms with van der Waals surface area (Å²) in [5.74, 6) is 0.753. The van der Waals surface area contributed by atoms with E-state index in [1.165, 1.54) is 58.5 Å². The summed E-state index contributed by atoms with van der Waals surface area (Å²) >= 11 is 0. The van der Waals surface area contributed by atoms with Gasteiger partial charge >= 0.3 is 5.97 Å². The van der Waals surface area contributed by atoms with Crippen molar-refractivity contribution in [3.05, 3.63) is 59.2 Å². The zero-order chi connectivity index (χ0) is 26.0. The Kier molecular flexibility index (Phi) is 14.4. The minimum absolute atomic E-state index is 0.127. The lowest BCUT2D eigenvalue weighted by Gasteiger charge is -2.14. The Morgan fingerprint density at radius 3 is 1.61 bits per heavy atom. The molecule has 5 nitrogen and oxygen atoms in total. The minimum atomic E-state index is -0.425. The van der Waals surface area contributed by atoms with Crippen LogP contribution in [0.2, 0.25) is 0 Å². The third-order valence-corrected chi connectivity index (χ3v) is 6.28. The van der Waals surface area contributed by atoms with E-state index in [-0.39, 0.29) is 5.78 Å². The van der Waals surface area contributed by atoms with Gasteiger partial charge in [0, 0.05) is 11.1 Å². The van der Waals surface area contributed by atoms with E-state index in [2.05, 4.69) is 13.8 Å².